The highest BCUT2D eigenvalue weighted by Crippen LogP contribution is 2.44. The number of halogens is 1. The number of carbonyl (C=O) groups excluding carboxylic acids is 1. The summed E-state index contributed by atoms with van der Waals surface area (Å²) in [5, 5.41) is 12.3. The monoisotopic (exact) mass is 681 g/mol. The summed E-state index contributed by atoms with van der Waals surface area (Å²) in [6, 6.07) is 18.1. The second-order valence-corrected chi connectivity index (χ2v) is 14.1. The van der Waals surface area contributed by atoms with E-state index >= 15 is 0 Å². The standard InChI is InChI=1S/C38H44FN7O4/c1-38(2)23-46(28-11-13-45(14-12-28)15-16-47)32-9-7-26(17-29(32)38)25-5-3-24(4-6-25)20-50-33-22-49-21-31(33)44-37(48)35-36(40)42-19-30(43-35)27-8-10-34(39)41-18-27/h3-10,17-19,28,31,33,47H,11-16,20-23H2,1-2H3,(H2,40,42)(H,44,48)/t31-,33-/m0/s1. The molecule has 3 aliphatic rings. The lowest BCUT2D eigenvalue weighted by Gasteiger charge is -2.38. The average Bonchev–Trinajstić information content (AvgIpc) is 3.68. The van der Waals surface area contributed by atoms with Gasteiger partial charge in [-0.15, -0.1) is 0 Å². The largest absolute Gasteiger partial charge is 0.395 e. The van der Waals surface area contributed by atoms with E-state index in [0.29, 0.717) is 37.1 Å². The molecule has 4 N–H and O–H groups in total. The Labute approximate surface area is 291 Å². The molecule has 3 aliphatic heterocycles. The van der Waals surface area contributed by atoms with Gasteiger partial charge in [0.1, 0.15) is 6.10 Å². The molecule has 50 heavy (non-hydrogen) atoms. The number of benzene rings is 2. The van der Waals surface area contributed by atoms with Crippen LogP contribution in [0.2, 0.25) is 0 Å². The number of hydrogen-bond acceptors (Lipinski definition) is 10. The number of hydrogen-bond donors (Lipinski definition) is 3. The van der Waals surface area contributed by atoms with Crippen LogP contribution in [-0.2, 0) is 21.5 Å². The minimum Gasteiger partial charge on any atom is -0.395 e. The molecule has 0 bridgehead atoms. The zero-order valence-electron chi connectivity index (χ0n) is 28.5. The molecule has 0 radical (unpaired) electrons. The van der Waals surface area contributed by atoms with Crippen LogP contribution in [-0.4, -0.2) is 95.1 Å². The number of piperidine rings is 1. The Hall–Kier alpha value is -4.49. The number of nitrogens with zero attached hydrogens (tertiary/aromatic N) is 5. The summed E-state index contributed by atoms with van der Waals surface area (Å²) in [5.41, 5.74) is 13.0. The number of fused-ring (bicyclic) bond motifs is 1. The summed E-state index contributed by atoms with van der Waals surface area (Å²) in [6.45, 7) is 9.74. The normalized spacial score (nSPS) is 20.6. The molecular formula is C38H44FN7O4. The number of carbonyl (C=O) groups is 1. The Morgan fingerprint density at radius 2 is 1.80 bits per heavy atom. The fraction of sp³-hybridized carbons (Fsp3) is 0.421. The number of aromatic nitrogens is 3. The summed E-state index contributed by atoms with van der Waals surface area (Å²) in [5.74, 6) is -1.13. The first kappa shape index (κ1) is 34.0. The van der Waals surface area contributed by atoms with Crippen LogP contribution >= 0.6 is 0 Å². The van der Waals surface area contributed by atoms with E-state index in [9.17, 15) is 14.3 Å². The lowest BCUT2D eigenvalue weighted by molar-refractivity contribution is 0.0218. The van der Waals surface area contributed by atoms with Gasteiger partial charge in [-0.1, -0.05) is 44.2 Å². The number of aliphatic hydroxyl groups excluding tert-OH is 1. The lowest BCUT2D eigenvalue weighted by atomic mass is 9.85. The molecule has 11 nitrogen and oxygen atoms in total. The Kier molecular flexibility index (Phi) is 9.78. The van der Waals surface area contributed by atoms with Crippen molar-refractivity contribution in [3.8, 4) is 22.4 Å². The lowest BCUT2D eigenvalue weighted by Crippen LogP contribution is -2.46. The Morgan fingerprint density at radius 1 is 1.04 bits per heavy atom. The van der Waals surface area contributed by atoms with Gasteiger partial charge in [0.25, 0.3) is 5.91 Å². The first-order chi connectivity index (χ1) is 24.2. The molecule has 2 aromatic carbocycles. The van der Waals surface area contributed by atoms with Gasteiger partial charge in [-0.2, -0.15) is 4.39 Å². The van der Waals surface area contributed by atoms with Gasteiger partial charge in [-0.3, -0.25) is 4.79 Å². The average molecular weight is 682 g/mol. The van der Waals surface area contributed by atoms with Crippen molar-refractivity contribution in [2.75, 3.05) is 56.6 Å². The van der Waals surface area contributed by atoms with E-state index in [1.54, 1.807) is 0 Å². The number of nitrogen functional groups attached to an aromatic ring is 1. The van der Waals surface area contributed by atoms with Crippen LogP contribution in [0.1, 0.15) is 48.3 Å². The molecule has 2 saturated heterocycles. The summed E-state index contributed by atoms with van der Waals surface area (Å²) < 4.78 is 25.2. The zero-order valence-corrected chi connectivity index (χ0v) is 28.5. The Balaban J connectivity index is 0.967. The van der Waals surface area contributed by atoms with Gasteiger partial charge in [-0.05, 0) is 59.4 Å². The van der Waals surface area contributed by atoms with E-state index in [4.69, 9.17) is 15.2 Å². The minimum atomic E-state index is -0.614. The van der Waals surface area contributed by atoms with Crippen molar-refractivity contribution >= 4 is 17.4 Å². The summed E-state index contributed by atoms with van der Waals surface area (Å²) in [6.07, 6.45) is 4.62. The molecule has 262 valence electrons. The third kappa shape index (κ3) is 7.20. The molecule has 7 rings (SSSR count). The molecule has 5 heterocycles. The van der Waals surface area contributed by atoms with Crippen molar-refractivity contribution < 1.29 is 23.8 Å². The molecule has 0 aliphatic carbocycles. The molecule has 0 spiro atoms. The van der Waals surface area contributed by atoms with Crippen LogP contribution in [0.4, 0.5) is 15.9 Å². The maximum Gasteiger partial charge on any atom is 0.274 e. The number of amides is 1. The Morgan fingerprint density at radius 3 is 2.54 bits per heavy atom. The molecular weight excluding hydrogens is 637 g/mol. The molecule has 0 saturated carbocycles. The van der Waals surface area contributed by atoms with Gasteiger partial charge in [0.05, 0.1) is 44.4 Å². The van der Waals surface area contributed by atoms with E-state index in [1.807, 2.05) is 0 Å². The van der Waals surface area contributed by atoms with Crippen LogP contribution in [0, 0.1) is 5.95 Å². The van der Waals surface area contributed by atoms with Gasteiger partial charge in [-0.25, -0.2) is 15.0 Å². The van der Waals surface area contributed by atoms with E-state index in [2.05, 4.69) is 86.4 Å². The fourth-order valence-electron chi connectivity index (χ4n) is 7.33. The molecule has 12 heteroatoms. The highest BCUT2D eigenvalue weighted by Gasteiger charge is 2.39. The first-order valence-corrected chi connectivity index (χ1v) is 17.3. The highest BCUT2D eigenvalue weighted by molar-refractivity contribution is 5.97. The number of likely N-dealkylation sites (tertiary alicyclic amines) is 1. The molecule has 2 atom stereocenters. The van der Waals surface area contributed by atoms with E-state index < -0.39 is 17.9 Å². The Bertz CT molecular complexity index is 1810. The number of pyridine rings is 1. The van der Waals surface area contributed by atoms with Crippen molar-refractivity contribution in [2.24, 2.45) is 0 Å². The topological polar surface area (TPSA) is 139 Å². The smallest absolute Gasteiger partial charge is 0.274 e. The molecule has 2 aromatic heterocycles. The summed E-state index contributed by atoms with van der Waals surface area (Å²) >= 11 is 0. The number of nitrogens with two attached hydrogens (primary N) is 1. The number of rotatable bonds is 10. The van der Waals surface area contributed by atoms with Gasteiger partial charge < -0.3 is 35.4 Å². The predicted molar refractivity (Wildman–Crippen MR) is 189 cm³/mol. The van der Waals surface area contributed by atoms with Crippen LogP contribution in [0.15, 0.2) is 67.0 Å². The second kappa shape index (κ2) is 14.4. The summed E-state index contributed by atoms with van der Waals surface area (Å²) in [4.78, 5) is 30.3. The minimum absolute atomic E-state index is 0.0161. The molecule has 2 fully saturated rings. The number of aliphatic hydroxyl groups is 1. The fourth-order valence-corrected chi connectivity index (χ4v) is 7.33. The molecule has 0 unspecified atom stereocenters. The number of β-amino-alcohol motifs (C(OH)–C–C–N with tert-alkyl or cyclic N) is 1. The number of nitrogens with one attached hydrogen (secondary N) is 1. The van der Waals surface area contributed by atoms with E-state index in [1.165, 1.54) is 41.3 Å². The number of anilines is 2. The van der Waals surface area contributed by atoms with Crippen molar-refractivity contribution in [1.29, 1.82) is 0 Å². The quantitative estimate of drug-likeness (QED) is 0.209. The second-order valence-electron chi connectivity index (χ2n) is 14.1. The van der Waals surface area contributed by atoms with Crippen LogP contribution < -0.4 is 16.0 Å². The van der Waals surface area contributed by atoms with Crippen molar-refractivity contribution in [2.45, 2.75) is 56.9 Å². The van der Waals surface area contributed by atoms with Crippen molar-refractivity contribution in [3.05, 3.63) is 89.8 Å². The van der Waals surface area contributed by atoms with E-state index in [0.717, 1.165) is 50.1 Å². The van der Waals surface area contributed by atoms with Gasteiger partial charge in [0.2, 0.25) is 5.95 Å². The van der Waals surface area contributed by atoms with Gasteiger partial charge >= 0.3 is 0 Å². The van der Waals surface area contributed by atoms with Crippen LogP contribution in [0.25, 0.3) is 22.4 Å². The third-order valence-electron chi connectivity index (χ3n) is 10.2. The summed E-state index contributed by atoms with van der Waals surface area (Å²) in [7, 11) is 0. The molecule has 1 amide bonds. The maximum absolute atomic E-state index is 13.3. The van der Waals surface area contributed by atoms with Crippen LogP contribution in [0.5, 0.6) is 0 Å². The SMILES string of the molecule is CC1(C)CN(C2CCN(CCO)CC2)c2ccc(-c3ccc(CO[C@H]4COC[C@@H]4NC(=O)c4nc(-c5ccc(F)nc5)cnc4N)cc3)cc21. The van der Waals surface area contributed by atoms with Gasteiger partial charge in [0, 0.05) is 55.1 Å². The van der Waals surface area contributed by atoms with E-state index in [-0.39, 0.29) is 29.6 Å². The van der Waals surface area contributed by atoms with Crippen LogP contribution in [0.3, 0.4) is 0 Å². The van der Waals surface area contributed by atoms with Crippen molar-refractivity contribution in [1.82, 2.24) is 25.2 Å². The number of ether oxygens (including phenoxy) is 2. The third-order valence-corrected chi connectivity index (χ3v) is 10.2. The first-order valence-electron chi connectivity index (χ1n) is 17.3. The zero-order chi connectivity index (χ0) is 34.8. The van der Waals surface area contributed by atoms with Crippen molar-refractivity contribution in [3.63, 3.8) is 0 Å². The maximum atomic E-state index is 13.3. The van der Waals surface area contributed by atoms with Gasteiger partial charge in [0.15, 0.2) is 11.5 Å². The highest BCUT2D eigenvalue weighted by atomic mass is 19.1. The molecule has 4 aromatic rings. The predicted octanol–water partition coefficient (Wildman–Crippen LogP) is 4.20.